The van der Waals surface area contributed by atoms with E-state index in [0.717, 1.165) is 18.9 Å². The van der Waals surface area contributed by atoms with Crippen molar-refractivity contribution in [2.75, 3.05) is 7.11 Å². The summed E-state index contributed by atoms with van der Waals surface area (Å²) in [5.41, 5.74) is -0.855. The molecule has 0 aliphatic rings. The van der Waals surface area contributed by atoms with Gasteiger partial charge >= 0.3 is 6.18 Å². The number of sulfone groups is 1. The van der Waals surface area contributed by atoms with Crippen molar-refractivity contribution >= 4 is 9.84 Å². The Morgan fingerprint density at radius 1 is 1.11 bits per heavy atom. The molecular formula is C16H12F3N3O4S. The van der Waals surface area contributed by atoms with Gasteiger partial charge in [-0.1, -0.05) is 17.7 Å². The summed E-state index contributed by atoms with van der Waals surface area (Å²) < 4.78 is 76.3. The zero-order chi connectivity index (χ0) is 19.8. The number of aryl methyl sites for hydroxylation is 1. The molecule has 0 spiro atoms. The lowest BCUT2D eigenvalue weighted by molar-refractivity contribution is -0.141. The third-order valence-electron chi connectivity index (χ3n) is 3.53. The first-order chi connectivity index (χ1) is 12.6. The highest BCUT2D eigenvalue weighted by molar-refractivity contribution is 7.91. The predicted octanol–water partition coefficient (Wildman–Crippen LogP) is 3.30. The number of rotatable bonds is 4. The van der Waals surface area contributed by atoms with E-state index in [2.05, 4.69) is 15.0 Å². The van der Waals surface area contributed by atoms with E-state index in [1.807, 2.05) is 0 Å². The molecule has 0 saturated carbocycles. The lowest BCUT2D eigenvalue weighted by atomic mass is 10.2. The first-order valence-corrected chi connectivity index (χ1v) is 8.87. The first kappa shape index (κ1) is 18.8. The molecule has 27 heavy (non-hydrogen) atoms. The van der Waals surface area contributed by atoms with Crippen LogP contribution in [0.1, 0.15) is 11.1 Å². The molecule has 0 aliphatic heterocycles. The zero-order valence-corrected chi connectivity index (χ0v) is 14.8. The van der Waals surface area contributed by atoms with Crippen LogP contribution < -0.4 is 4.74 Å². The summed E-state index contributed by atoms with van der Waals surface area (Å²) in [5.74, 6) is -1.64. The van der Waals surface area contributed by atoms with Gasteiger partial charge in [0.05, 0.1) is 18.2 Å². The Balaban J connectivity index is 2.35. The van der Waals surface area contributed by atoms with Crippen LogP contribution in [0.4, 0.5) is 13.2 Å². The van der Waals surface area contributed by atoms with E-state index in [9.17, 15) is 21.6 Å². The lowest BCUT2D eigenvalue weighted by Gasteiger charge is -2.16. The van der Waals surface area contributed by atoms with E-state index >= 15 is 0 Å². The number of hydrogen-bond donors (Lipinski definition) is 0. The molecule has 1 aromatic carbocycles. The van der Waals surface area contributed by atoms with Crippen molar-refractivity contribution in [2.24, 2.45) is 0 Å². The molecule has 0 unspecified atom stereocenters. The maximum absolute atomic E-state index is 13.6. The zero-order valence-electron chi connectivity index (χ0n) is 14.0. The monoisotopic (exact) mass is 399 g/mol. The molecule has 0 radical (unpaired) electrons. The summed E-state index contributed by atoms with van der Waals surface area (Å²) in [7, 11) is -3.69. The summed E-state index contributed by atoms with van der Waals surface area (Å²) in [4.78, 5) is 10.6. The second-order valence-corrected chi connectivity index (χ2v) is 7.25. The highest BCUT2D eigenvalue weighted by atomic mass is 32.2. The van der Waals surface area contributed by atoms with Crippen LogP contribution in [0.25, 0.3) is 11.7 Å². The quantitative estimate of drug-likeness (QED) is 0.621. The van der Waals surface area contributed by atoms with Gasteiger partial charge in [-0.2, -0.15) is 18.2 Å². The summed E-state index contributed by atoms with van der Waals surface area (Å²) in [6, 6.07) is 5.33. The van der Waals surface area contributed by atoms with E-state index in [-0.39, 0.29) is 10.8 Å². The Morgan fingerprint density at radius 2 is 1.78 bits per heavy atom. The van der Waals surface area contributed by atoms with Crippen molar-refractivity contribution in [2.45, 2.75) is 23.0 Å². The molecule has 0 saturated heterocycles. The Bertz CT molecular complexity index is 1060. The van der Waals surface area contributed by atoms with Gasteiger partial charge in [-0.15, -0.1) is 0 Å². The average Bonchev–Trinajstić information content (AvgIpc) is 3.14. The van der Waals surface area contributed by atoms with Crippen molar-refractivity contribution in [1.29, 1.82) is 0 Å². The van der Waals surface area contributed by atoms with Crippen LogP contribution >= 0.6 is 0 Å². The van der Waals surface area contributed by atoms with Crippen LogP contribution in [0.2, 0.25) is 0 Å². The molecule has 0 aliphatic carbocycles. The van der Waals surface area contributed by atoms with Crippen molar-refractivity contribution in [3.8, 4) is 17.6 Å². The molecule has 11 heteroatoms. The molecule has 3 aromatic rings. The number of aromatic nitrogens is 3. The Kier molecular flexibility index (Phi) is 4.64. The SMILES string of the molecule is COc1nc(-c2ncco2)nc(S(=O)(=O)c2ccc(C)cc2)c1C(F)(F)F. The maximum atomic E-state index is 13.6. The summed E-state index contributed by atoms with van der Waals surface area (Å²) in [6.07, 6.45) is -2.71. The number of oxazole rings is 1. The van der Waals surface area contributed by atoms with Gasteiger partial charge in [0.25, 0.3) is 5.89 Å². The van der Waals surface area contributed by atoms with Crippen molar-refractivity contribution in [1.82, 2.24) is 15.0 Å². The largest absolute Gasteiger partial charge is 0.480 e. The number of hydrogen-bond acceptors (Lipinski definition) is 7. The minimum absolute atomic E-state index is 0.248. The van der Waals surface area contributed by atoms with E-state index in [1.54, 1.807) is 6.92 Å². The van der Waals surface area contributed by atoms with E-state index in [4.69, 9.17) is 9.15 Å². The highest BCUT2D eigenvalue weighted by Crippen LogP contribution is 2.41. The first-order valence-electron chi connectivity index (χ1n) is 7.39. The van der Waals surface area contributed by atoms with Crippen LogP contribution in [0.3, 0.4) is 0 Å². The lowest BCUT2D eigenvalue weighted by Crippen LogP contribution is -2.19. The second kappa shape index (κ2) is 6.65. The van der Waals surface area contributed by atoms with Gasteiger partial charge in [-0.05, 0) is 19.1 Å². The molecule has 7 nitrogen and oxygen atoms in total. The Labute approximate surface area is 151 Å². The van der Waals surface area contributed by atoms with E-state index in [1.165, 1.54) is 30.5 Å². The number of benzene rings is 1. The molecule has 142 valence electrons. The Morgan fingerprint density at radius 3 is 2.30 bits per heavy atom. The van der Waals surface area contributed by atoms with E-state index < -0.39 is 38.3 Å². The fourth-order valence-electron chi connectivity index (χ4n) is 2.26. The fourth-order valence-corrected chi connectivity index (χ4v) is 3.66. The maximum Gasteiger partial charge on any atom is 0.424 e. The minimum Gasteiger partial charge on any atom is -0.480 e. The van der Waals surface area contributed by atoms with Crippen LogP contribution in [-0.4, -0.2) is 30.5 Å². The van der Waals surface area contributed by atoms with Crippen molar-refractivity contribution in [3.63, 3.8) is 0 Å². The number of methoxy groups -OCH3 is 1. The molecule has 0 N–H and O–H groups in total. The summed E-state index contributed by atoms with van der Waals surface area (Å²) in [6.45, 7) is 1.71. The minimum atomic E-state index is -5.08. The highest BCUT2D eigenvalue weighted by Gasteiger charge is 2.44. The van der Waals surface area contributed by atoms with Gasteiger partial charge in [0.1, 0.15) is 6.26 Å². The number of alkyl halides is 3. The van der Waals surface area contributed by atoms with Gasteiger partial charge in [0.2, 0.25) is 21.5 Å². The molecule has 0 bridgehead atoms. The molecule has 0 amide bonds. The van der Waals surface area contributed by atoms with Gasteiger partial charge in [0.15, 0.2) is 10.6 Å². The number of ether oxygens (including phenoxy) is 1. The normalized spacial score (nSPS) is 12.2. The molecule has 0 atom stereocenters. The summed E-state index contributed by atoms with van der Waals surface area (Å²) >= 11 is 0. The number of nitrogens with zero attached hydrogens (tertiary/aromatic N) is 3. The third-order valence-corrected chi connectivity index (χ3v) is 5.23. The third kappa shape index (κ3) is 3.50. The van der Waals surface area contributed by atoms with Gasteiger partial charge in [0, 0.05) is 0 Å². The standard InChI is InChI=1S/C16H12F3N3O4S/c1-9-3-5-10(6-4-9)27(23,24)15-11(16(17,18)19)13(25-2)21-12(22-15)14-20-7-8-26-14/h3-8H,1-2H3. The molecular weight excluding hydrogens is 387 g/mol. The molecule has 3 rings (SSSR count). The molecule has 2 aromatic heterocycles. The smallest absolute Gasteiger partial charge is 0.424 e. The fraction of sp³-hybridized carbons (Fsp3) is 0.188. The average molecular weight is 399 g/mol. The van der Waals surface area contributed by atoms with Crippen LogP contribution in [0.15, 0.2) is 51.1 Å². The summed E-state index contributed by atoms with van der Waals surface area (Å²) in [5, 5.41) is -1.24. The Hall–Kier alpha value is -2.95. The predicted molar refractivity (Wildman–Crippen MR) is 85.7 cm³/mol. The van der Waals surface area contributed by atoms with Gasteiger partial charge < -0.3 is 9.15 Å². The van der Waals surface area contributed by atoms with E-state index in [0.29, 0.717) is 0 Å². The van der Waals surface area contributed by atoms with Gasteiger partial charge in [-0.25, -0.2) is 18.4 Å². The van der Waals surface area contributed by atoms with Crippen LogP contribution in [-0.2, 0) is 16.0 Å². The molecule has 2 heterocycles. The van der Waals surface area contributed by atoms with Crippen LogP contribution in [0.5, 0.6) is 5.88 Å². The topological polar surface area (TPSA) is 95.2 Å². The molecule has 0 fully saturated rings. The van der Waals surface area contributed by atoms with Crippen LogP contribution in [0, 0.1) is 6.92 Å². The van der Waals surface area contributed by atoms with Crippen molar-refractivity contribution < 1.29 is 30.7 Å². The second-order valence-electron chi connectivity index (χ2n) is 5.39. The van der Waals surface area contributed by atoms with Crippen molar-refractivity contribution in [3.05, 3.63) is 47.9 Å². The van der Waals surface area contributed by atoms with Gasteiger partial charge in [-0.3, -0.25) is 0 Å². The number of halogens is 3.